The van der Waals surface area contributed by atoms with Crippen LogP contribution in [0.25, 0.3) is 0 Å². The molecule has 0 spiro atoms. The zero-order valence-electron chi connectivity index (χ0n) is 15.1. The molecule has 2 atom stereocenters. The maximum Gasteiger partial charge on any atom is 0.253 e. The summed E-state index contributed by atoms with van der Waals surface area (Å²) in [5.74, 6) is 0.248. The Morgan fingerprint density at radius 3 is 2.46 bits per heavy atom. The van der Waals surface area contributed by atoms with E-state index >= 15 is 0 Å². The quantitative estimate of drug-likeness (QED) is 0.892. The highest BCUT2D eigenvalue weighted by molar-refractivity contribution is 7.90. The number of nitrogens with zero attached hydrogens (tertiary/aromatic N) is 1. The van der Waals surface area contributed by atoms with E-state index in [0.29, 0.717) is 30.8 Å². The van der Waals surface area contributed by atoms with Crippen LogP contribution in [0.2, 0.25) is 0 Å². The third kappa shape index (κ3) is 3.66. The number of rotatable bonds is 4. The lowest BCUT2D eigenvalue weighted by atomic mass is 9.89. The molecule has 3 rings (SSSR count). The number of amides is 1. The lowest BCUT2D eigenvalue weighted by Crippen LogP contribution is -2.30. The van der Waals surface area contributed by atoms with E-state index in [1.165, 1.54) is 11.6 Å². The smallest absolute Gasteiger partial charge is 0.253 e. The van der Waals surface area contributed by atoms with E-state index in [1.54, 1.807) is 24.0 Å². The van der Waals surface area contributed by atoms with Crippen LogP contribution in [0.15, 0.2) is 53.4 Å². The highest BCUT2D eigenvalue weighted by Crippen LogP contribution is 2.33. The van der Waals surface area contributed by atoms with Gasteiger partial charge in [-0.25, -0.2) is 8.42 Å². The van der Waals surface area contributed by atoms with Crippen molar-refractivity contribution >= 4 is 15.7 Å². The number of benzene rings is 2. The predicted molar refractivity (Wildman–Crippen MR) is 102 cm³/mol. The molecule has 0 aromatic heterocycles. The van der Waals surface area contributed by atoms with Crippen LogP contribution >= 0.6 is 0 Å². The molecule has 1 amide bonds. The van der Waals surface area contributed by atoms with Crippen molar-refractivity contribution in [1.29, 1.82) is 0 Å². The van der Waals surface area contributed by atoms with Gasteiger partial charge in [0, 0.05) is 30.8 Å². The number of likely N-dealkylation sites (tertiary alicyclic amines) is 1. The summed E-state index contributed by atoms with van der Waals surface area (Å²) in [6.45, 7) is 3.41. The van der Waals surface area contributed by atoms with Crippen molar-refractivity contribution in [2.75, 3.05) is 25.9 Å². The molecule has 2 aromatic carbocycles. The maximum atomic E-state index is 13.0. The average Bonchev–Trinajstić information content (AvgIpc) is 3.05. The van der Waals surface area contributed by atoms with Crippen LogP contribution in [-0.4, -0.2) is 45.1 Å². The van der Waals surface area contributed by atoms with Crippen molar-refractivity contribution in [3.8, 4) is 0 Å². The molecule has 2 aromatic rings. The fourth-order valence-electron chi connectivity index (χ4n) is 3.67. The first-order valence-corrected chi connectivity index (χ1v) is 10.6. The summed E-state index contributed by atoms with van der Waals surface area (Å²) in [7, 11) is -3.37. The highest BCUT2D eigenvalue weighted by Gasteiger charge is 2.35. The van der Waals surface area contributed by atoms with Gasteiger partial charge in [0.05, 0.1) is 4.90 Å². The molecule has 6 heteroatoms. The average molecular weight is 372 g/mol. The number of sulfone groups is 1. The van der Waals surface area contributed by atoms with E-state index in [4.69, 9.17) is 5.73 Å². The molecule has 0 radical (unpaired) electrons. The normalized spacial score (nSPS) is 20.3. The van der Waals surface area contributed by atoms with Gasteiger partial charge in [0.1, 0.15) is 0 Å². The SMILES string of the molecule is Cc1ccc(C(=O)N2C[C@@H](CN)[C@H](c3ccccc3)C2)cc1S(C)(=O)=O. The summed E-state index contributed by atoms with van der Waals surface area (Å²) in [6, 6.07) is 15.0. The first-order chi connectivity index (χ1) is 12.3. The second-order valence-electron chi connectivity index (χ2n) is 6.98. The molecule has 138 valence electrons. The molecule has 0 bridgehead atoms. The van der Waals surface area contributed by atoms with Crippen molar-refractivity contribution < 1.29 is 13.2 Å². The Morgan fingerprint density at radius 1 is 1.15 bits per heavy atom. The summed E-state index contributed by atoms with van der Waals surface area (Å²) in [5, 5.41) is 0. The van der Waals surface area contributed by atoms with Gasteiger partial charge in [-0.1, -0.05) is 36.4 Å². The van der Waals surface area contributed by atoms with Gasteiger partial charge < -0.3 is 10.6 Å². The van der Waals surface area contributed by atoms with E-state index in [1.807, 2.05) is 18.2 Å². The maximum absolute atomic E-state index is 13.0. The number of carbonyl (C=O) groups is 1. The van der Waals surface area contributed by atoms with Crippen molar-refractivity contribution in [2.45, 2.75) is 17.7 Å². The Morgan fingerprint density at radius 2 is 1.85 bits per heavy atom. The number of hydrogen-bond donors (Lipinski definition) is 1. The Labute approximate surface area is 154 Å². The van der Waals surface area contributed by atoms with Gasteiger partial charge in [-0.15, -0.1) is 0 Å². The summed E-state index contributed by atoms with van der Waals surface area (Å²) in [6.07, 6.45) is 1.16. The van der Waals surface area contributed by atoms with E-state index in [9.17, 15) is 13.2 Å². The van der Waals surface area contributed by atoms with Gasteiger partial charge >= 0.3 is 0 Å². The lowest BCUT2D eigenvalue weighted by Gasteiger charge is -2.17. The Kier molecular flexibility index (Phi) is 5.16. The minimum absolute atomic E-state index is 0.146. The topological polar surface area (TPSA) is 80.5 Å². The molecule has 1 fully saturated rings. The second-order valence-corrected chi connectivity index (χ2v) is 8.96. The lowest BCUT2D eigenvalue weighted by molar-refractivity contribution is 0.0786. The van der Waals surface area contributed by atoms with E-state index in [-0.39, 0.29) is 22.6 Å². The minimum Gasteiger partial charge on any atom is -0.338 e. The van der Waals surface area contributed by atoms with Gasteiger partial charge in [-0.3, -0.25) is 4.79 Å². The second kappa shape index (κ2) is 7.21. The monoisotopic (exact) mass is 372 g/mol. The van der Waals surface area contributed by atoms with Crippen LogP contribution < -0.4 is 5.73 Å². The number of nitrogens with two attached hydrogens (primary N) is 1. The zero-order valence-corrected chi connectivity index (χ0v) is 15.9. The van der Waals surface area contributed by atoms with Gasteiger partial charge in [0.2, 0.25) is 0 Å². The summed E-state index contributed by atoms with van der Waals surface area (Å²) in [5.41, 5.74) is 8.18. The van der Waals surface area contributed by atoms with E-state index < -0.39 is 9.84 Å². The molecular weight excluding hydrogens is 348 g/mol. The summed E-state index contributed by atoms with van der Waals surface area (Å²) >= 11 is 0. The van der Waals surface area contributed by atoms with Gasteiger partial charge in [0.15, 0.2) is 9.84 Å². The van der Waals surface area contributed by atoms with Crippen molar-refractivity contribution in [3.63, 3.8) is 0 Å². The summed E-state index contributed by atoms with van der Waals surface area (Å²) < 4.78 is 23.9. The molecular formula is C20H24N2O3S. The first-order valence-electron chi connectivity index (χ1n) is 8.66. The van der Waals surface area contributed by atoms with E-state index in [0.717, 1.165) is 6.26 Å². The molecule has 0 aliphatic carbocycles. The van der Waals surface area contributed by atoms with Crippen LogP contribution in [0, 0.1) is 12.8 Å². The van der Waals surface area contributed by atoms with Crippen LogP contribution in [0.3, 0.4) is 0 Å². The van der Waals surface area contributed by atoms with Gasteiger partial charge in [-0.05, 0) is 42.6 Å². The molecule has 0 saturated carbocycles. The Balaban J connectivity index is 1.87. The molecule has 5 nitrogen and oxygen atoms in total. The minimum atomic E-state index is -3.37. The molecule has 1 aliphatic heterocycles. The summed E-state index contributed by atoms with van der Waals surface area (Å²) in [4.78, 5) is 15.0. The van der Waals surface area contributed by atoms with Crippen molar-refractivity contribution in [3.05, 3.63) is 65.2 Å². The van der Waals surface area contributed by atoms with Gasteiger partial charge in [-0.2, -0.15) is 0 Å². The molecule has 1 heterocycles. The standard InChI is InChI=1S/C20H24N2O3S/c1-14-8-9-16(10-19(14)26(2,24)25)20(23)22-12-17(11-21)18(13-22)15-6-4-3-5-7-15/h3-10,17-18H,11-13,21H2,1-2H3/t17-,18+/m1/s1. The number of carbonyl (C=O) groups excluding carboxylic acids is 1. The fourth-order valence-corrected chi connectivity index (χ4v) is 4.66. The zero-order chi connectivity index (χ0) is 18.9. The molecule has 1 saturated heterocycles. The number of hydrogen-bond acceptors (Lipinski definition) is 4. The first kappa shape index (κ1) is 18.6. The van der Waals surface area contributed by atoms with Crippen LogP contribution in [-0.2, 0) is 9.84 Å². The van der Waals surface area contributed by atoms with E-state index in [2.05, 4.69) is 12.1 Å². The Hall–Kier alpha value is -2.18. The number of aryl methyl sites for hydroxylation is 1. The van der Waals surface area contributed by atoms with Gasteiger partial charge in [0.25, 0.3) is 5.91 Å². The molecule has 2 N–H and O–H groups in total. The van der Waals surface area contributed by atoms with Crippen LogP contribution in [0.4, 0.5) is 0 Å². The molecule has 0 unspecified atom stereocenters. The highest BCUT2D eigenvalue weighted by atomic mass is 32.2. The van der Waals surface area contributed by atoms with Crippen molar-refractivity contribution in [1.82, 2.24) is 4.90 Å². The molecule has 1 aliphatic rings. The third-order valence-electron chi connectivity index (χ3n) is 5.09. The third-order valence-corrected chi connectivity index (χ3v) is 6.33. The van der Waals surface area contributed by atoms with Crippen LogP contribution in [0.1, 0.15) is 27.4 Å². The van der Waals surface area contributed by atoms with Crippen LogP contribution in [0.5, 0.6) is 0 Å². The van der Waals surface area contributed by atoms with Crippen molar-refractivity contribution in [2.24, 2.45) is 11.7 Å². The molecule has 26 heavy (non-hydrogen) atoms. The fraction of sp³-hybridized carbons (Fsp3) is 0.350. The Bertz CT molecular complexity index is 910. The predicted octanol–water partition coefficient (Wildman–Crippen LogP) is 2.21. The largest absolute Gasteiger partial charge is 0.338 e.